The Morgan fingerprint density at radius 1 is 1.13 bits per heavy atom. The predicted octanol–water partition coefficient (Wildman–Crippen LogP) is 4.93. The molecule has 1 aliphatic rings. The van der Waals surface area contributed by atoms with E-state index < -0.39 is 0 Å². The number of nitrogens with zero attached hydrogens (tertiary/aromatic N) is 1. The average Bonchev–Trinajstić information content (AvgIpc) is 2.97. The van der Waals surface area contributed by atoms with Crippen molar-refractivity contribution >= 4 is 29.2 Å². The van der Waals surface area contributed by atoms with Gasteiger partial charge in [0.05, 0.1) is 6.54 Å². The van der Waals surface area contributed by atoms with Crippen LogP contribution in [0.25, 0.3) is 11.6 Å². The minimum absolute atomic E-state index is 0.0535. The fraction of sp³-hybridized carbons (Fsp3) is 0.269. The van der Waals surface area contributed by atoms with Crippen LogP contribution in [0.4, 0.5) is 5.82 Å². The van der Waals surface area contributed by atoms with E-state index in [0.717, 1.165) is 36.8 Å². The fourth-order valence-electron chi connectivity index (χ4n) is 3.43. The number of nitrogens with one attached hydrogen (secondary N) is 2. The van der Waals surface area contributed by atoms with Crippen molar-refractivity contribution in [3.05, 3.63) is 83.6 Å². The molecule has 0 fully saturated rings. The van der Waals surface area contributed by atoms with Gasteiger partial charge in [-0.1, -0.05) is 55.8 Å². The number of hydrogen-bond acceptors (Lipinski definition) is 4. The zero-order valence-electron chi connectivity index (χ0n) is 17.9. The second kappa shape index (κ2) is 11.8. The highest BCUT2D eigenvalue weighted by atomic mass is 16.2. The summed E-state index contributed by atoms with van der Waals surface area (Å²) in [5.74, 6) is 0.418. The lowest BCUT2D eigenvalue weighted by Crippen LogP contribution is -2.23. The monoisotopic (exact) mass is 415 g/mol. The average molecular weight is 416 g/mol. The normalized spacial score (nSPS) is 14.5. The summed E-state index contributed by atoms with van der Waals surface area (Å²) < 4.78 is 0. The van der Waals surface area contributed by atoms with E-state index in [-0.39, 0.29) is 18.2 Å². The molecule has 2 N–H and O–H groups in total. The van der Waals surface area contributed by atoms with Gasteiger partial charge in [-0.25, -0.2) is 4.98 Å². The van der Waals surface area contributed by atoms with E-state index in [1.165, 1.54) is 11.1 Å². The quantitative estimate of drug-likeness (QED) is 0.450. The van der Waals surface area contributed by atoms with Crippen LogP contribution in [0.1, 0.15) is 49.3 Å². The lowest BCUT2D eigenvalue weighted by atomic mass is 10.00. The molecule has 0 saturated heterocycles. The van der Waals surface area contributed by atoms with E-state index in [4.69, 9.17) is 0 Å². The number of carbonyl (C=O) groups is 2. The number of pyridine rings is 1. The molecule has 0 bridgehead atoms. The third kappa shape index (κ3) is 7.15. The molecule has 1 aliphatic heterocycles. The summed E-state index contributed by atoms with van der Waals surface area (Å²) >= 11 is 0. The Bertz CT molecular complexity index is 991. The molecule has 31 heavy (non-hydrogen) atoms. The summed E-state index contributed by atoms with van der Waals surface area (Å²) in [7, 11) is 0. The molecule has 160 valence electrons. The molecule has 0 unspecified atom stereocenters. The maximum absolute atomic E-state index is 12.1. The van der Waals surface area contributed by atoms with Gasteiger partial charge in [0.1, 0.15) is 5.82 Å². The van der Waals surface area contributed by atoms with E-state index in [1.807, 2.05) is 18.2 Å². The van der Waals surface area contributed by atoms with Crippen molar-refractivity contribution in [3.8, 4) is 0 Å². The van der Waals surface area contributed by atoms with Gasteiger partial charge >= 0.3 is 0 Å². The van der Waals surface area contributed by atoms with E-state index in [2.05, 4.69) is 52.9 Å². The molecule has 1 amide bonds. The van der Waals surface area contributed by atoms with Crippen LogP contribution >= 0.6 is 0 Å². The van der Waals surface area contributed by atoms with Crippen LogP contribution in [-0.2, 0) is 16.1 Å². The van der Waals surface area contributed by atoms with Gasteiger partial charge in [-0.2, -0.15) is 0 Å². The van der Waals surface area contributed by atoms with Crippen LogP contribution in [-0.4, -0.2) is 23.2 Å². The van der Waals surface area contributed by atoms with Gasteiger partial charge < -0.3 is 10.6 Å². The highest BCUT2D eigenvalue weighted by molar-refractivity contribution is 6.02. The topological polar surface area (TPSA) is 71.1 Å². The van der Waals surface area contributed by atoms with Gasteiger partial charge in [0.15, 0.2) is 5.78 Å². The summed E-state index contributed by atoms with van der Waals surface area (Å²) in [6, 6.07) is 12.4. The van der Waals surface area contributed by atoms with Crippen LogP contribution in [0.3, 0.4) is 0 Å². The molecule has 2 heterocycles. The zero-order valence-corrected chi connectivity index (χ0v) is 17.9. The second-order valence-electron chi connectivity index (χ2n) is 7.49. The Kier molecular flexibility index (Phi) is 8.49. The van der Waals surface area contributed by atoms with Crippen molar-refractivity contribution in [1.29, 1.82) is 0 Å². The number of rotatable bonds is 9. The summed E-state index contributed by atoms with van der Waals surface area (Å²) in [5.41, 5.74) is 4.37. The van der Waals surface area contributed by atoms with Crippen LogP contribution in [0.2, 0.25) is 0 Å². The Balaban J connectivity index is 1.52. The maximum atomic E-state index is 12.1. The molecule has 3 rings (SSSR count). The molecule has 1 aromatic carbocycles. The SMILES string of the molecule is CCC/C(=C\CC/C=C/C(=O)/C=C/c1cnc2c(c1)CNCC(=O)N2)c1ccccc1. The number of unbranched alkanes of at least 4 members (excludes halogenated alkanes) is 1. The molecule has 2 aromatic rings. The minimum Gasteiger partial charge on any atom is -0.309 e. The summed E-state index contributed by atoms with van der Waals surface area (Å²) in [5, 5.41) is 5.81. The molecule has 5 nitrogen and oxygen atoms in total. The molecule has 0 radical (unpaired) electrons. The summed E-state index contributed by atoms with van der Waals surface area (Å²) in [4.78, 5) is 28.0. The summed E-state index contributed by atoms with van der Waals surface area (Å²) in [6.45, 7) is 3.02. The number of carbonyl (C=O) groups excluding carboxylic acids is 2. The molecule has 0 atom stereocenters. The van der Waals surface area contributed by atoms with Crippen LogP contribution in [0.15, 0.2) is 66.9 Å². The lowest BCUT2D eigenvalue weighted by Gasteiger charge is -2.06. The van der Waals surface area contributed by atoms with Crippen LogP contribution in [0, 0.1) is 0 Å². The van der Waals surface area contributed by atoms with Gasteiger partial charge in [0.25, 0.3) is 0 Å². The van der Waals surface area contributed by atoms with Crippen LogP contribution in [0.5, 0.6) is 0 Å². The molecule has 0 aliphatic carbocycles. The van der Waals surface area contributed by atoms with E-state index >= 15 is 0 Å². The van der Waals surface area contributed by atoms with Gasteiger partial charge in [0, 0.05) is 18.3 Å². The largest absolute Gasteiger partial charge is 0.309 e. The number of benzene rings is 1. The highest BCUT2D eigenvalue weighted by Gasteiger charge is 2.13. The first-order chi connectivity index (χ1) is 15.2. The van der Waals surface area contributed by atoms with E-state index in [0.29, 0.717) is 12.4 Å². The van der Waals surface area contributed by atoms with Crippen molar-refractivity contribution in [2.24, 2.45) is 0 Å². The van der Waals surface area contributed by atoms with Gasteiger partial charge in [0.2, 0.25) is 5.91 Å². The van der Waals surface area contributed by atoms with Crippen molar-refractivity contribution < 1.29 is 9.59 Å². The van der Waals surface area contributed by atoms with E-state index in [1.54, 1.807) is 24.4 Å². The predicted molar refractivity (Wildman–Crippen MR) is 126 cm³/mol. The molecule has 5 heteroatoms. The van der Waals surface area contributed by atoms with Crippen molar-refractivity contribution in [2.45, 2.75) is 39.2 Å². The van der Waals surface area contributed by atoms with Crippen molar-refractivity contribution in [2.75, 3.05) is 11.9 Å². The molecule has 0 saturated carbocycles. The highest BCUT2D eigenvalue weighted by Crippen LogP contribution is 2.21. The smallest absolute Gasteiger partial charge is 0.239 e. The van der Waals surface area contributed by atoms with Gasteiger partial charge in [-0.3, -0.25) is 9.59 Å². The number of allylic oxidation sites excluding steroid dienone is 5. The fourth-order valence-corrected chi connectivity index (χ4v) is 3.43. The molecular weight excluding hydrogens is 386 g/mol. The van der Waals surface area contributed by atoms with Gasteiger partial charge in [-0.05, 0) is 60.3 Å². The minimum atomic E-state index is -0.102. The first-order valence-corrected chi connectivity index (χ1v) is 10.8. The Morgan fingerprint density at radius 2 is 1.97 bits per heavy atom. The standard InChI is InChI=1S/C26H29N3O2/c1-2-9-21(22-11-5-3-6-12-22)10-7-4-8-13-24(30)15-14-20-16-23-18-27-19-25(31)29-26(23)28-17-20/h3,5-6,8,10-17,27H,2,4,7,9,18-19H2,1H3,(H,28,29,31)/b13-8+,15-14+,21-10+. The molecule has 1 aromatic heterocycles. The Hall–Kier alpha value is -3.31. The summed E-state index contributed by atoms with van der Waals surface area (Å²) in [6.07, 6.45) is 14.7. The number of hydrogen-bond donors (Lipinski definition) is 2. The van der Waals surface area contributed by atoms with E-state index in [9.17, 15) is 9.59 Å². The second-order valence-corrected chi connectivity index (χ2v) is 7.49. The van der Waals surface area contributed by atoms with Crippen molar-refractivity contribution in [1.82, 2.24) is 10.3 Å². The third-order valence-corrected chi connectivity index (χ3v) is 4.96. The number of ketones is 1. The number of aromatic nitrogens is 1. The maximum Gasteiger partial charge on any atom is 0.239 e. The Labute approximate surface area is 184 Å². The van der Waals surface area contributed by atoms with Crippen LogP contribution < -0.4 is 10.6 Å². The van der Waals surface area contributed by atoms with Crippen molar-refractivity contribution in [3.63, 3.8) is 0 Å². The first-order valence-electron chi connectivity index (χ1n) is 10.8. The number of anilines is 1. The van der Waals surface area contributed by atoms with Gasteiger partial charge in [-0.15, -0.1) is 0 Å². The third-order valence-electron chi connectivity index (χ3n) is 4.96. The molecular formula is C26H29N3O2. The lowest BCUT2D eigenvalue weighted by molar-refractivity contribution is -0.115. The number of amides is 1. The Morgan fingerprint density at radius 3 is 2.77 bits per heavy atom. The molecule has 0 spiro atoms. The number of fused-ring (bicyclic) bond motifs is 1. The first kappa shape index (κ1) is 22.4. The zero-order chi connectivity index (χ0) is 21.9.